The molecule has 3 rings (SSSR count). The first-order valence-corrected chi connectivity index (χ1v) is 7.77. The number of aromatic amines is 1. The van der Waals surface area contributed by atoms with E-state index in [1.165, 1.54) is 6.42 Å². The SMILES string of the molecule is CCOc1ccc(-c2n[nH]c(=S)n2[C@@H]2C=CCCC2)cc1. The van der Waals surface area contributed by atoms with E-state index in [4.69, 9.17) is 17.0 Å². The first-order valence-electron chi connectivity index (χ1n) is 7.36. The lowest BCUT2D eigenvalue weighted by Crippen LogP contribution is -2.10. The van der Waals surface area contributed by atoms with E-state index in [0.717, 1.165) is 30.0 Å². The van der Waals surface area contributed by atoms with Crippen molar-refractivity contribution in [2.75, 3.05) is 6.61 Å². The topological polar surface area (TPSA) is 42.8 Å². The van der Waals surface area contributed by atoms with Crippen molar-refractivity contribution in [3.05, 3.63) is 41.2 Å². The maximum absolute atomic E-state index is 5.48. The maximum Gasteiger partial charge on any atom is 0.196 e. The predicted octanol–water partition coefficient (Wildman–Crippen LogP) is 4.29. The first kappa shape index (κ1) is 14.1. The van der Waals surface area contributed by atoms with Crippen LogP contribution in [0.3, 0.4) is 0 Å². The maximum atomic E-state index is 5.48. The molecule has 1 aromatic heterocycles. The Bertz CT molecular complexity index is 684. The second-order valence-corrected chi connectivity index (χ2v) is 5.49. The van der Waals surface area contributed by atoms with Crippen molar-refractivity contribution in [2.45, 2.75) is 32.2 Å². The highest BCUT2D eigenvalue weighted by Crippen LogP contribution is 2.28. The van der Waals surface area contributed by atoms with E-state index < -0.39 is 0 Å². The van der Waals surface area contributed by atoms with Gasteiger partial charge >= 0.3 is 0 Å². The Balaban J connectivity index is 1.97. The first-order chi connectivity index (χ1) is 10.3. The molecule has 0 radical (unpaired) electrons. The molecule has 1 atom stereocenters. The van der Waals surface area contributed by atoms with Crippen LogP contribution in [0.5, 0.6) is 5.75 Å². The molecule has 0 saturated heterocycles. The van der Waals surface area contributed by atoms with Crippen LogP contribution in [0.4, 0.5) is 0 Å². The van der Waals surface area contributed by atoms with Crippen LogP contribution < -0.4 is 4.74 Å². The lowest BCUT2D eigenvalue weighted by molar-refractivity contribution is 0.340. The van der Waals surface area contributed by atoms with Crippen molar-refractivity contribution >= 4 is 12.2 Å². The van der Waals surface area contributed by atoms with Crippen LogP contribution in [0, 0.1) is 4.77 Å². The molecule has 21 heavy (non-hydrogen) atoms. The average Bonchev–Trinajstić information content (AvgIpc) is 2.91. The Morgan fingerprint density at radius 1 is 1.38 bits per heavy atom. The van der Waals surface area contributed by atoms with Gasteiger partial charge < -0.3 is 4.74 Å². The molecule has 4 nitrogen and oxygen atoms in total. The largest absolute Gasteiger partial charge is 0.494 e. The summed E-state index contributed by atoms with van der Waals surface area (Å²) >= 11 is 5.41. The van der Waals surface area contributed by atoms with Gasteiger partial charge in [0.15, 0.2) is 10.6 Å². The van der Waals surface area contributed by atoms with Gasteiger partial charge in [0.1, 0.15) is 5.75 Å². The minimum Gasteiger partial charge on any atom is -0.494 e. The predicted molar refractivity (Wildman–Crippen MR) is 86.0 cm³/mol. The summed E-state index contributed by atoms with van der Waals surface area (Å²) in [5.41, 5.74) is 1.05. The average molecular weight is 301 g/mol. The van der Waals surface area contributed by atoms with E-state index in [9.17, 15) is 0 Å². The number of nitrogens with zero attached hydrogens (tertiary/aromatic N) is 2. The van der Waals surface area contributed by atoms with Crippen LogP contribution in [0.15, 0.2) is 36.4 Å². The molecule has 1 aliphatic carbocycles. The van der Waals surface area contributed by atoms with E-state index in [-0.39, 0.29) is 0 Å². The van der Waals surface area contributed by atoms with E-state index in [1.54, 1.807) is 0 Å². The summed E-state index contributed by atoms with van der Waals surface area (Å²) in [5.74, 6) is 1.76. The minimum atomic E-state index is 0.298. The number of ether oxygens (including phenoxy) is 1. The Labute approximate surface area is 129 Å². The van der Waals surface area contributed by atoms with Gasteiger partial charge in [-0.15, -0.1) is 0 Å². The van der Waals surface area contributed by atoms with Crippen LogP contribution in [0.25, 0.3) is 11.4 Å². The summed E-state index contributed by atoms with van der Waals surface area (Å²) in [6, 6.07) is 8.29. The molecule has 2 aromatic rings. The van der Waals surface area contributed by atoms with Gasteiger partial charge in [-0.05, 0) is 62.7 Å². The molecule has 0 saturated carbocycles. The Morgan fingerprint density at radius 3 is 2.86 bits per heavy atom. The van der Waals surface area contributed by atoms with Gasteiger partial charge in [0.05, 0.1) is 12.6 Å². The fourth-order valence-electron chi connectivity index (χ4n) is 2.69. The molecule has 0 fully saturated rings. The van der Waals surface area contributed by atoms with Gasteiger partial charge in [-0.3, -0.25) is 9.67 Å². The zero-order valence-corrected chi connectivity index (χ0v) is 12.9. The van der Waals surface area contributed by atoms with Gasteiger partial charge in [-0.25, -0.2) is 0 Å². The van der Waals surface area contributed by atoms with Crippen molar-refractivity contribution in [3.8, 4) is 17.1 Å². The normalized spacial score (nSPS) is 17.9. The number of aromatic nitrogens is 3. The van der Waals surface area contributed by atoms with Crippen LogP contribution in [0.2, 0.25) is 0 Å². The van der Waals surface area contributed by atoms with Crippen molar-refractivity contribution in [1.29, 1.82) is 0 Å². The molecular formula is C16H19N3OS. The summed E-state index contributed by atoms with van der Waals surface area (Å²) in [6.45, 7) is 2.65. The van der Waals surface area contributed by atoms with E-state index >= 15 is 0 Å². The molecule has 5 heteroatoms. The fraction of sp³-hybridized carbons (Fsp3) is 0.375. The molecule has 1 heterocycles. The van der Waals surface area contributed by atoms with Gasteiger partial charge in [-0.2, -0.15) is 5.10 Å². The third kappa shape index (κ3) is 2.93. The Kier molecular flexibility index (Phi) is 4.20. The number of nitrogens with one attached hydrogen (secondary N) is 1. The van der Waals surface area contributed by atoms with Gasteiger partial charge in [-0.1, -0.05) is 12.2 Å². The third-order valence-corrected chi connectivity index (χ3v) is 3.98. The zero-order valence-electron chi connectivity index (χ0n) is 12.1. The monoisotopic (exact) mass is 301 g/mol. The molecular weight excluding hydrogens is 282 g/mol. The number of hydrogen-bond acceptors (Lipinski definition) is 3. The number of rotatable bonds is 4. The van der Waals surface area contributed by atoms with Gasteiger partial charge in [0.2, 0.25) is 0 Å². The number of hydrogen-bond donors (Lipinski definition) is 1. The molecule has 110 valence electrons. The van der Waals surface area contributed by atoms with Gasteiger partial charge in [0.25, 0.3) is 0 Å². The van der Waals surface area contributed by atoms with Crippen molar-refractivity contribution < 1.29 is 4.74 Å². The summed E-state index contributed by atoms with van der Waals surface area (Å²) in [7, 11) is 0. The molecule has 0 amide bonds. The molecule has 1 N–H and O–H groups in total. The summed E-state index contributed by atoms with van der Waals surface area (Å²) in [6.07, 6.45) is 7.91. The lowest BCUT2D eigenvalue weighted by Gasteiger charge is -2.19. The lowest BCUT2D eigenvalue weighted by atomic mass is 10.0. The second kappa shape index (κ2) is 6.26. The number of benzene rings is 1. The minimum absolute atomic E-state index is 0.298. The Morgan fingerprint density at radius 2 is 2.19 bits per heavy atom. The Hall–Kier alpha value is -1.88. The smallest absolute Gasteiger partial charge is 0.196 e. The van der Waals surface area contributed by atoms with Crippen molar-refractivity contribution in [1.82, 2.24) is 14.8 Å². The molecule has 0 unspecified atom stereocenters. The molecule has 0 spiro atoms. The zero-order chi connectivity index (χ0) is 14.7. The van der Waals surface area contributed by atoms with Crippen LogP contribution in [-0.4, -0.2) is 21.4 Å². The third-order valence-electron chi connectivity index (χ3n) is 3.69. The standard InChI is InChI=1S/C16H19N3OS/c1-2-20-14-10-8-12(9-11-14)15-17-18-16(21)19(15)13-6-4-3-5-7-13/h4,6,8-11,13H,2-3,5,7H2,1H3,(H,18,21)/t13-/m1/s1. The summed E-state index contributed by atoms with van der Waals surface area (Å²) < 4.78 is 8.27. The van der Waals surface area contributed by atoms with Crippen molar-refractivity contribution in [2.24, 2.45) is 0 Å². The molecule has 1 aliphatic rings. The van der Waals surface area contributed by atoms with Gasteiger partial charge in [0, 0.05) is 5.56 Å². The molecule has 1 aromatic carbocycles. The number of allylic oxidation sites excluding steroid dienone is 2. The van der Waals surface area contributed by atoms with Crippen LogP contribution in [0.1, 0.15) is 32.2 Å². The highest BCUT2D eigenvalue weighted by atomic mass is 32.1. The van der Waals surface area contributed by atoms with E-state index in [2.05, 4.69) is 26.9 Å². The second-order valence-electron chi connectivity index (χ2n) is 5.11. The molecule has 0 aliphatic heterocycles. The van der Waals surface area contributed by atoms with E-state index in [0.29, 0.717) is 17.4 Å². The summed E-state index contributed by atoms with van der Waals surface area (Å²) in [5, 5.41) is 7.33. The highest BCUT2D eigenvalue weighted by molar-refractivity contribution is 7.71. The van der Waals surface area contributed by atoms with Crippen LogP contribution in [-0.2, 0) is 0 Å². The van der Waals surface area contributed by atoms with E-state index in [1.807, 2.05) is 31.2 Å². The van der Waals surface area contributed by atoms with Crippen molar-refractivity contribution in [3.63, 3.8) is 0 Å². The number of H-pyrrole nitrogens is 1. The molecule has 0 bridgehead atoms. The highest BCUT2D eigenvalue weighted by Gasteiger charge is 2.17. The summed E-state index contributed by atoms with van der Waals surface area (Å²) in [4.78, 5) is 0. The quantitative estimate of drug-likeness (QED) is 0.677. The van der Waals surface area contributed by atoms with Crippen LogP contribution >= 0.6 is 12.2 Å². The fourth-order valence-corrected chi connectivity index (χ4v) is 2.96.